The molecule has 158 valence electrons. The van der Waals surface area contributed by atoms with Crippen molar-refractivity contribution in [3.8, 4) is 17.2 Å². The molecule has 0 heterocycles. The molecule has 4 heteroatoms. The largest absolute Gasteiger partial charge is 0.494 e. The normalized spacial score (nSPS) is 12.8. The number of esters is 1. The summed E-state index contributed by atoms with van der Waals surface area (Å²) in [5, 5.41) is 0. The molecule has 0 aliphatic carbocycles. The van der Waals surface area contributed by atoms with Crippen molar-refractivity contribution < 1.29 is 19.0 Å². The van der Waals surface area contributed by atoms with Gasteiger partial charge in [0.15, 0.2) is 0 Å². The Kier molecular flexibility index (Phi) is 9.55. The number of hydrogen-bond donors (Lipinski definition) is 0. The van der Waals surface area contributed by atoms with Crippen molar-refractivity contribution in [1.82, 2.24) is 0 Å². The van der Waals surface area contributed by atoms with Gasteiger partial charge in [0.2, 0.25) is 0 Å². The average molecular weight is 399 g/mol. The standard InChI is InChI=1S/C25H34O4/c1-5-8-20(4)28-23-12-10-21(11-13-23)25(26)29-24-16-14-22(15-17-24)27-18-7-9-19(3)6-2/h10-17,19-20H,5-9,18H2,1-4H3/t19?,20-/m1/s1. The molecule has 2 aromatic carbocycles. The van der Waals surface area contributed by atoms with Crippen molar-refractivity contribution >= 4 is 5.97 Å². The molecule has 0 bridgehead atoms. The van der Waals surface area contributed by atoms with E-state index in [9.17, 15) is 4.79 Å². The molecular formula is C25H34O4. The lowest BCUT2D eigenvalue weighted by Crippen LogP contribution is -2.11. The first-order chi connectivity index (χ1) is 14.0. The number of benzene rings is 2. The fourth-order valence-corrected chi connectivity index (χ4v) is 2.96. The lowest BCUT2D eigenvalue weighted by Gasteiger charge is -2.14. The summed E-state index contributed by atoms with van der Waals surface area (Å²) < 4.78 is 17.0. The van der Waals surface area contributed by atoms with E-state index < -0.39 is 0 Å². The molecule has 0 aromatic heterocycles. The van der Waals surface area contributed by atoms with Gasteiger partial charge in [-0.15, -0.1) is 0 Å². The Hall–Kier alpha value is -2.49. The van der Waals surface area contributed by atoms with Crippen LogP contribution in [0.3, 0.4) is 0 Å². The van der Waals surface area contributed by atoms with Gasteiger partial charge in [0, 0.05) is 0 Å². The Morgan fingerprint density at radius 3 is 2.10 bits per heavy atom. The van der Waals surface area contributed by atoms with E-state index in [1.54, 1.807) is 36.4 Å². The third-order valence-corrected chi connectivity index (χ3v) is 4.96. The van der Waals surface area contributed by atoms with Crippen molar-refractivity contribution in [2.45, 2.75) is 65.9 Å². The number of ether oxygens (including phenoxy) is 3. The maximum Gasteiger partial charge on any atom is 0.343 e. The number of rotatable bonds is 12. The van der Waals surface area contributed by atoms with Gasteiger partial charge >= 0.3 is 5.97 Å². The van der Waals surface area contributed by atoms with E-state index in [4.69, 9.17) is 14.2 Å². The van der Waals surface area contributed by atoms with Crippen molar-refractivity contribution in [2.24, 2.45) is 5.92 Å². The fourth-order valence-electron chi connectivity index (χ4n) is 2.96. The van der Waals surface area contributed by atoms with Gasteiger partial charge in [-0.05, 0) is 80.6 Å². The zero-order valence-electron chi connectivity index (χ0n) is 18.1. The van der Waals surface area contributed by atoms with Gasteiger partial charge < -0.3 is 14.2 Å². The number of carbonyl (C=O) groups excluding carboxylic acids is 1. The molecule has 0 radical (unpaired) electrons. The molecule has 0 fully saturated rings. The molecule has 0 N–H and O–H groups in total. The van der Waals surface area contributed by atoms with E-state index in [-0.39, 0.29) is 12.1 Å². The topological polar surface area (TPSA) is 44.8 Å². The fraction of sp³-hybridized carbons (Fsp3) is 0.480. The Bertz CT molecular complexity index is 721. The highest BCUT2D eigenvalue weighted by atomic mass is 16.5. The van der Waals surface area contributed by atoms with Gasteiger partial charge in [0.05, 0.1) is 18.3 Å². The molecule has 0 aliphatic heterocycles. The molecule has 2 atom stereocenters. The summed E-state index contributed by atoms with van der Waals surface area (Å²) in [6.45, 7) is 9.35. The summed E-state index contributed by atoms with van der Waals surface area (Å²) in [6.07, 6.45) is 5.66. The summed E-state index contributed by atoms with van der Waals surface area (Å²) in [5.74, 6) is 2.40. The Morgan fingerprint density at radius 1 is 0.862 bits per heavy atom. The summed E-state index contributed by atoms with van der Waals surface area (Å²) in [7, 11) is 0. The summed E-state index contributed by atoms with van der Waals surface area (Å²) in [6, 6.07) is 14.2. The first-order valence-electron chi connectivity index (χ1n) is 10.7. The minimum atomic E-state index is -0.389. The minimum absolute atomic E-state index is 0.161. The van der Waals surface area contributed by atoms with Crippen LogP contribution >= 0.6 is 0 Å². The van der Waals surface area contributed by atoms with Crippen LogP contribution in [0.2, 0.25) is 0 Å². The first kappa shape index (κ1) is 22.8. The molecular weight excluding hydrogens is 364 g/mol. The van der Waals surface area contributed by atoms with Crippen LogP contribution in [0.5, 0.6) is 17.2 Å². The molecule has 4 nitrogen and oxygen atoms in total. The van der Waals surface area contributed by atoms with E-state index in [2.05, 4.69) is 20.8 Å². The van der Waals surface area contributed by atoms with E-state index in [0.717, 1.165) is 36.7 Å². The highest BCUT2D eigenvalue weighted by Gasteiger charge is 2.10. The van der Waals surface area contributed by atoms with E-state index in [0.29, 0.717) is 17.9 Å². The van der Waals surface area contributed by atoms with Crippen LogP contribution in [-0.4, -0.2) is 18.7 Å². The summed E-state index contributed by atoms with van der Waals surface area (Å²) >= 11 is 0. The second-order valence-corrected chi connectivity index (χ2v) is 7.61. The molecule has 0 saturated heterocycles. The predicted octanol–water partition coefficient (Wildman–Crippen LogP) is 6.68. The zero-order chi connectivity index (χ0) is 21.1. The van der Waals surface area contributed by atoms with E-state index >= 15 is 0 Å². The summed E-state index contributed by atoms with van der Waals surface area (Å²) in [5.41, 5.74) is 0.492. The van der Waals surface area contributed by atoms with Gasteiger partial charge in [-0.25, -0.2) is 4.79 Å². The maximum atomic E-state index is 12.3. The lowest BCUT2D eigenvalue weighted by molar-refractivity contribution is 0.0734. The third kappa shape index (κ3) is 8.18. The molecule has 0 saturated carbocycles. The van der Waals surface area contributed by atoms with Crippen LogP contribution < -0.4 is 14.2 Å². The number of hydrogen-bond acceptors (Lipinski definition) is 4. The van der Waals surface area contributed by atoms with Gasteiger partial charge in [-0.2, -0.15) is 0 Å². The van der Waals surface area contributed by atoms with Crippen molar-refractivity contribution in [3.63, 3.8) is 0 Å². The van der Waals surface area contributed by atoms with Crippen molar-refractivity contribution in [2.75, 3.05) is 6.61 Å². The predicted molar refractivity (Wildman–Crippen MR) is 117 cm³/mol. The van der Waals surface area contributed by atoms with E-state index in [1.165, 1.54) is 12.8 Å². The van der Waals surface area contributed by atoms with Gasteiger partial charge in [-0.3, -0.25) is 0 Å². The second kappa shape index (κ2) is 12.2. The van der Waals surface area contributed by atoms with Gasteiger partial charge in [-0.1, -0.05) is 33.6 Å². The second-order valence-electron chi connectivity index (χ2n) is 7.61. The van der Waals surface area contributed by atoms with Crippen LogP contribution in [0.25, 0.3) is 0 Å². The Morgan fingerprint density at radius 2 is 1.48 bits per heavy atom. The molecule has 2 rings (SSSR count). The van der Waals surface area contributed by atoms with Crippen LogP contribution in [0.4, 0.5) is 0 Å². The SMILES string of the molecule is CCC[C@@H](C)Oc1ccc(C(=O)Oc2ccc(OCCCC(C)CC)cc2)cc1. The van der Waals surface area contributed by atoms with E-state index in [1.807, 2.05) is 19.1 Å². The average Bonchev–Trinajstić information content (AvgIpc) is 2.72. The van der Waals surface area contributed by atoms with Gasteiger partial charge in [0.1, 0.15) is 17.2 Å². The minimum Gasteiger partial charge on any atom is -0.494 e. The summed E-state index contributed by atoms with van der Waals surface area (Å²) in [4.78, 5) is 12.3. The molecule has 2 aromatic rings. The molecule has 0 spiro atoms. The van der Waals surface area contributed by atoms with Crippen LogP contribution in [0, 0.1) is 5.92 Å². The molecule has 0 aliphatic rings. The van der Waals surface area contributed by atoms with Crippen LogP contribution in [0.1, 0.15) is 70.2 Å². The highest BCUT2D eigenvalue weighted by molar-refractivity contribution is 5.91. The zero-order valence-corrected chi connectivity index (χ0v) is 18.1. The molecule has 1 unspecified atom stereocenters. The third-order valence-electron chi connectivity index (χ3n) is 4.96. The molecule has 29 heavy (non-hydrogen) atoms. The van der Waals surface area contributed by atoms with Crippen molar-refractivity contribution in [3.05, 3.63) is 54.1 Å². The number of carbonyl (C=O) groups is 1. The van der Waals surface area contributed by atoms with Crippen LogP contribution in [-0.2, 0) is 0 Å². The van der Waals surface area contributed by atoms with Crippen molar-refractivity contribution in [1.29, 1.82) is 0 Å². The Balaban J connectivity index is 1.81. The first-order valence-corrected chi connectivity index (χ1v) is 10.7. The Labute approximate surface area is 175 Å². The quantitative estimate of drug-likeness (QED) is 0.227. The smallest absolute Gasteiger partial charge is 0.343 e. The monoisotopic (exact) mass is 398 g/mol. The van der Waals surface area contributed by atoms with Gasteiger partial charge in [0.25, 0.3) is 0 Å². The maximum absolute atomic E-state index is 12.3. The molecule has 0 amide bonds. The highest BCUT2D eigenvalue weighted by Crippen LogP contribution is 2.21. The lowest BCUT2D eigenvalue weighted by atomic mass is 10.0. The van der Waals surface area contributed by atoms with Crippen LogP contribution in [0.15, 0.2) is 48.5 Å².